The van der Waals surface area contributed by atoms with Crippen molar-refractivity contribution in [2.24, 2.45) is 0 Å². The predicted molar refractivity (Wildman–Crippen MR) is 77.8 cm³/mol. The standard InChI is InChI=1S/C15H8ClF3N2O/c16-10-5-6-11-12(7-10)20-13(21-14(11)22)8-1-3-9(4-2-8)15(17,18)19/h1-7H,(H,20,21,22). The molecule has 0 fully saturated rings. The molecule has 112 valence electrons. The molecule has 22 heavy (non-hydrogen) atoms. The maximum Gasteiger partial charge on any atom is 0.416 e. The molecule has 3 rings (SSSR count). The molecule has 1 aromatic heterocycles. The number of halogens is 4. The second kappa shape index (κ2) is 5.14. The monoisotopic (exact) mass is 324 g/mol. The van der Waals surface area contributed by atoms with E-state index in [2.05, 4.69) is 9.97 Å². The van der Waals surface area contributed by atoms with Crippen LogP contribution in [0.25, 0.3) is 22.3 Å². The molecule has 0 bridgehead atoms. The van der Waals surface area contributed by atoms with Crippen molar-refractivity contribution in [2.75, 3.05) is 0 Å². The summed E-state index contributed by atoms with van der Waals surface area (Å²) in [7, 11) is 0. The fourth-order valence-electron chi connectivity index (χ4n) is 2.07. The van der Waals surface area contributed by atoms with Gasteiger partial charge in [-0.1, -0.05) is 23.7 Å². The largest absolute Gasteiger partial charge is 0.416 e. The fourth-order valence-corrected chi connectivity index (χ4v) is 2.23. The number of hydrogen-bond donors (Lipinski definition) is 1. The molecule has 3 aromatic rings. The molecule has 0 spiro atoms. The Labute approximate surface area is 127 Å². The third-order valence-electron chi connectivity index (χ3n) is 3.15. The zero-order chi connectivity index (χ0) is 15.9. The Morgan fingerprint density at radius 1 is 1.05 bits per heavy atom. The van der Waals surface area contributed by atoms with Gasteiger partial charge in [-0.25, -0.2) is 4.98 Å². The Hall–Kier alpha value is -2.34. The summed E-state index contributed by atoms with van der Waals surface area (Å²) < 4.78 is 37.7. The SMILES string of the molecule is O=c1[nH]c(-c2ccc(C(F)(F)F)cc2)nc2cc(Cl)ccc12. The van der Waals surface area contributed by atoms with E-state index in [0.29, 0.717) is 21.5 Å². The number of H-pyrrole nitrogens is 1. The van der Waals surface area contributed by atoms with Crippen LogP contribution in [0, 0.1) is 0 Å². The topological polar surface area (TPSA) is 45.8 Å². The van der Waals surface area contributed by atoms with E-state index in [1.54, 1.807) is 12.1 Å². The first-order valence-corrected chi connectivity index (χ1v) is 6.59. The Bertz CT molecular complexity index is 901. The van der Waals surface area contributed by atoms with Gasteiger partial charge in [-0.3, -0.25) is 4.79 Å². The molecule has 1 N–H and O–H groups in total. The highest BCUT2D eigenvalue weighted by Crippen LogP contribution is 2.30. The van der Waals surface area contributed by atoms with Gasteiger partial charge in [0.15, 0.2) is 0 Å². The van der Waals surface area contributed by atoms with Gasteiger partial charge in [-0.05, 0) is 30.3 Å². The molecule has 0 aliphatic rings. The Balaban J connectivity index is 2.12. The van der Waals surface area contributed by atoms with Gasteiger partial charge in [0.05, 0.1) is 16.5 Å². The average Bonchev–Trinajstić information content (AvgIpc) is 2.46. The van der Waals surface area contributed by atoms with Crippen LogP contribution < -0.4 is 5.56 Å². The third-order valence-corrected chi connectivity index (χ3v) is 3.39. The van der Waals surface area contributed by atoms with E-state index in [4.69, 9.17) is 11.6 Å². The Morgan fingerprint density at radius 3 is 2.36 bits per heavy atom. The molecule has 3 nitrogen and oxygen atoms in total. The number of nitrogens with one attached hydrogen (secondary N) is 1. The van der Waals surface area contributed by atoms with Crippen LogP contribution in [0.4, 0.5) is 13.2 Å². The number of fused-ring (bicyclic) bond motifs is 1. The molecule has 0 saturated heterocycles. The van der Waals surface area contributed by atoms with Gasteiger partial charge in [0.25, 0.3) is 5.56 Å². The van der Waals surface area contributed by atoms with E-state index >= 15 is 0 Å². The summed E-state index contributed by atoms with van der Waals surface area (Å²) in [6, 6.07) is 9.04. The number of rotatable bonds is 1. The summed E-state index contributed by atoms with van der Waals surface area (Å²) in [4.78, 5) is 18.8. The molecule has 0 aliphatic carbocycles. The smallest absolute Gasteiger partial charge is 0.306 e. The lowest BCUT2D eigenvalue weighted by Gasteiger charge is -2.08. The highest BCUT2D eigenvalue weighted by Gasteiger charge is 2.30. The maximum atomic E-state index is 12.6. The van der Waals surface area contributed by atoms with Gasteiger partial charge >= 0.3 is 6.18 Å². The quantitative estimate of drug-likeness (QED) is 0.727. The van der Waals surface area contributed by atoms with Crippen LogP contribution in [-0.4, -0.2) is 9.97 Å². The molecular formula is C15H8ClF3N2O. The highest BCUT2D eigenvalue weighted by atomic mass is 35.5. The van der Waals surface area contributed by atoms with Crippen molar-refractivity contribution in [3.05, 3.63) is 63.4 Å². The molecule has 0 atom stereocenters. The van der Waals surface area contributed by atoms with Crippen LogP contribution in [0.3, 0.4) is 0 Å². The third kappa shape index (κ3) is 2.69. The summed E-state index contributed by atoms with van der Waals surface area (Å²) in [5.41, 5.74) is -0.378. The number of hydrogen-bond acceptors (Lipinski definition) is 2. The predicted octanol–water partition coefficient (Wildman–Crippen LogP) is 4.26. The van der Waals surface area contributed by atoms with E-state index in [9.17, 15) is 18.0 Å². The maximum absolute atomic E-state index is 12.6. The zero-order valence-corrected chi connectivity index (χ0v) is 11.7. The number of nitrogens with zero attached hydrogens (tertiary/aromatic N) is 1. The highest BCUT2D eigenvalue weighted by molar-refractivity contribution is 6.31. The first-order valence-electron chi connectivity index (χ1n) is 6.22. The summed E-state index contributed by atoms with van der Waals surface area (Å²) >= 11 is 5.86. The first kappa shape index (κ1) is 14.6. The number of aromatic amines is 1. The van der Waals surface area contributed by atoms with Crippen molar-refractivity contribution >= 4 is 22.5 Å². The summed E-state index contributed by atoms with van der Waals surface area (Å²) in [5, 5.41) is 0.782. The molecule has 0 amide bonds. The van der Waals surface area contributed by atoms with Crippen LogP contribution in [-0.2, 0) is 6.18 Å². The van der Waals surface area contributed by atoms with E-state index < -0.39 is 11.7 Å². The lowest BCUT2D eigenvalue weighted by Crippen LogP contribution is -2.09. The van der Waals surface area contributed by atoms with Gasteiger partial charge in [0, 0.05) is 10.6 Å². The minimum absolute atomic E-state index is 0.188. The van der Waals surface area contributed by atoms with Gasteiger partial charge in [-0.2, -0.15) is 13.2 Å². The lowest BCUT2D eigenvalue weighted by molar-refractivity contribution is -0.137. The molecule has 0 saturated carbocycles. The normalized spacial score (nSPS) is 11.8. The first-order chi connectivity index (χ1) is 10.3. The van der Waals surface area contributed by atoms with Crippen LogP contribution in [0.5, 0.6) is 0 Å². The summed E-state index contributed by atoms with van der Waals surface area (Å²) in [6.07, 6.45) is -4.41. The van der Waals surface area contributed by atoms with Crippen LogP contribution in [0.1, 0.15) is 5.56 Å². The summed E-state index contributed by atoms with van der Waals surface area (Å²) in [5.74, 6) is 0.188. The van der Waals surface area contributed by atoms with Crippen molar-refractivity contribution in [1.82, 2.24) is 9.97 Å². The van der Waals surface area contributed by atoms with E-state index in [-0.39, 0.29) is 11.4 Å². The minimum atomic E-state index is -4.41. The Kier molecular flexibility index (Phi) is 3.41. The molecule has 0 unspecified atom stereocenters. The fraction of sp³-hybridized carbons (Fsp3) is 0.0667. The lowest BCUT2D eigenvalue weighted by atomic mass is 10.1. The van der Waals surface area contributed by atoms with Crippen LogP contribution >= 0.6 is 11.6 Å². The van der Waals surface area contributed by atoms with Crippen LogP contribution in [0.15, 0.2) is 47.3 Å². The zero-order valence-electron chi connectivity index (χ0n) is 10.9. The average molecular weight is 325 g/mol. The second-order valence-corrected chi connectivity index (χ2v) is 5.09. The van der Waals surface area contributed by atoms with E-state index in [1.807, 2.05) is 0 Å². The number of aromatic nitrogens is 2. The van der Waals surface area contributed by atoms with Crippen molar-refractivity contribution < 1.29 is 13.2 Å². The molecule has 2 aromatic carbocycles. The van der Waals surface area contributed by atoms with Gasteiger partial charge in [0.2, 0.25) is 0 Å². The Morgan fingerprint density at radius 2 is 1.73 bits per heavy atom. The number of alkyl halides is 3. The second-order valence-electron chi connectivity index (χ2n) is 4.65. The molecule has 7 heteroatoms. The molecule has 0 aliphatic heterocycles. The van der Waals surface area contributed by atoms with E-state index in [0.717, 1.165) is 12.1 Å². The van der Waals surface area contributed by atoms with Crippen LogP contribution in [0.2, 0.25) is 5.02 Å². The van der Waals surface area contributed by atoms with Gasteiger partial charge in [0.1, 0.15) is 5.82 Å². The molecule has 1 heterocycles. The van der Waals surface area contributed by atoms with Crippen molar-refractivity contribution in [2.45, 2.75) is 6.18 Å². The molecular weight excluding hydrogens is 317 g/mol. The van der Waals surface area contributed by atoms with Crippen molar-refractivity contribution in [3.63, 3.8) is 0 Å². The van der Waals surface area contributed by atoms with Gasteiger partial charge < -0.3 is 4.98 Å². The number of benzene rings is 2. The van der Waals surface area contributed by atoms with Crippen molar-refractivity contribution in [3.8, 4) is 11.4 Å². The summed E-state index contributed by atoms with van der Waals surface area (Å²) in [6.45, 7) is 0. The molecule has 0 radical (unpaired) electrons. The van der Waals surface area contributed by atoms with Gasteiger partial charge in [-0.15, -0.1) is 0 Å². The van der Waals surface area contributed by atoms with Crippen molar-refractivity contribution in [1.29, 1.82) is 0 Å². The minimum Gasteiger partial charge on any atom is -0.306 e. The van der Waals surface area contributed by atoms with E-state index in [1.165, 1.54) is 18.2 Å².